The predicted molar refractivity (Wildman–Crippen MR) is 115 cm³/mol. The van der Waals surface area contributed by atoms with Crippen molar-refractivity contribution in [3.05, 3.63) is 70.7 Å². The number of aryl methyl sites for hydroxylation is 2. The van der Waals surface area contributed by atoms with Crippen molar-refractivity contribution < 1.29 is 23.5 Å². The molecule has 1 amide bonds. The minimum absolute atomic E-state index is 0.233. The van der Waals surface area contributed by atoms with E-state index in [2.05, 4.69) is 15.5 Å². The molecule has 2 aromatic heterocycles. The van der Waals surface area contributed by atoms with E-state index in [0.29, 0.717) is 30.5 Å². The zero-order chi connectivity index (χ0) is 22.2. The third kappa shape index (κ3) is 5.63. The molecule has 3 rings (SSSR count). The second-order valence-electron chi connectivity index (χ2n) is 6.72. The van der Waals surface area contributed by atoms with Crippen molar-refractivity contribution in [3.8, 4) is 17.4 Å². The molecule has 0 aliphatic rings. The summed E-state index contributed by atoms with van der Waals surface area (Å²) in [6.07, 6.45) is 4.80. The summed E-state index contributed by atoms with van der Waals surface area (Å²) in [5.74, 6) is 2.14. The lowest BCUT2D eigenvalue weighted by Crippen LogP contribution is -2.20. The molecule has 162 valence electrons. The molecular formula is C23H25N3O5. The maximum Gasteiger partial charge on any atom is 0.244 e. The number of carbonyl (C=O) groups excluding carboxylic acids is 1. The van der Waals surface area contributed by atoms with Crippen LogP contribution in [-0.4, -0.2) is 30.3 Å². The smallest absolute Gasteiger partial charge is 0.244 e. The summed E-state index contributed by atoms with van der Waals surface area (Å²) < 4.78 is 21.7. The van der Waals surface area contributed by atoms with Gasteiger partial charge in [0.2, 0.25) is 11.8 Å². The number of rotatable bonds is 9. The highest BCUT2D eigenvalue weighted by Crippen LogP contribution is 2.30. The van der Waals surface area contributed by atoms with Gasteiger partial charge in [0.15, 0.2) is 11.5 Å². The number of amides is 1. The Bertz CT molecular complexity index is 1060. The lowest BCUT2D eigenvalue weighted by molar-refractivity contribution is -0.116. The molecular weight excluding hydrogens is 398 g/mol. The Balaban J connectivity index is 1.61. The first-order chi connectivity index (χ1) is 15.0. The summed E-state index contributed by atoms with van der Waals surface area (Å²) in [7, 11) is 3.11. The van der Waals surface area contributed by atoms with E-state index in [0.717, 1.165) is 28.1 Å². The number of pyridine rings is 1. The molecule has 1 N–H and O–H groups in total. The van der Waals surface area contributed by atoms with Crippen LogP contribution in [0.3, 0.4) is 0 Å². The fourth-order valence-corrected chi connectivity index (χ4v) is 2.92. The summed E-state index contributed by atoms with van der Waals surface area (Å²) in [6, 6.07) is 9.09. The average molecular weight is 423 g/mol. The van der Waals surface area contributed by atoms with Gasteiger partial charge in [0.1, 0.15) is 12.4 Å². The first-order valence-corrected chi connectivity index (χ1v) is 9.68. The quantitative estimate of drug-likeness (QED) is 0.525. The number of benzene rings is 1. The monoisotopic (exact) mass is 423 g/mol. The van der Waals surface area contributed by atoms with Crippen LogP contribution in [0.5, 0.6) is 17.4 Å². The Morgan fingerprint density at radius 3 is 2.71 bits per heavy atom. The maximum absolute atomic E-state index is 12.2. The molecule has 31 heavy (non-hydrogen) atoms. The van der Waals surface area contributed by atoms with Crippen molar-refractivity contribution >= 4 is 12.0 Å². The fourth-order valence-electron chi connectivity index (χ4n) is 2.92. The van der Waals surface area contributed by atoms with E-state index in [1.165, 1.54) is 6.08 Å². The number of hydrogen-bond acceptors (Lipinski definition) is 7. The van der Waals surface area contributed by atoms with Gasteiger partial charge in [-0.2, -0.15) is 0 Å². The van der Waals surface area contributed by atoms with Crippen molar-refractivity contribution in [1.82, 2.24) is 15.5 Å². The Labute approximate surface area is 180 Å². The molecule has 3 aromatic rings. The number of methoxy groups -OCH3 is 2. The topological polar surface area (TPSA) is 95.7 Å². The van der Waals surface area contributed by atoms with Crippen molar-refractivity contribution in [2.45, 2.75) is 27.0 Å². The molecule has 0 aliphatic carbocycles. The molecule has 0 aliphatic heterocycles. The lowest BCUT2D eigenvalue weighted by Gasteiger charge is -2.11. The molecule has 0 saturated carbocycles. The summed E-state index contributed by atoms with van der Waals surface area (Å²) in [5, 5.41) is 6.74. The van der Waals surface area contributed by atoms with E-state index in [1.807, 2.05) is 26.0 Å². The van der Waals surface area contributed by atoms with Crippen LogP contribution in [0.1, 0.15) is 28.1 Å². The van der Waals surface area contributed by atoms with Crippen LogP contribution in [0.4, 0.5) is 0 Å². The minimum atomic E-state index is -0.233. The number of nitrogens with zero attached hydrogens (tertiary/aromatic N) is 2. The zero-order valence-electron chi connectivity index (χ0n) is 18.0. The van der Waals surface area contributed by atoms with E-state index < -0.39 is 0 Å². The molecule has 0 unspecified atom stereocenters. The molecule has 0 radical (unpaired) electrons. The first kappa shape index (κ1) is 21.9. The number of carbonyl (C=O) groups is 1. The zero-order valence-corrected chi connectivity index (χ0v) is 18.0. The second-order valence-corrected chi connectivity index (χ2v) is 6.72. The van der Waals surface area contributed by atoms with Gasteiger partial charge in [-0.05, 0) is 43.7 Å². The predicted octanol–water partition coefficient (Wildman–Crippen LogP) is 3.61. The van der Waals surface area contributed by atoms with E-state index >= 15 is 0 Å². The largest absolute Gasteiger partial charge is 0.493 e. The van der Waals surface area contributed by atoms with Gasteiger partial charge in [0.05, 0.1) is 25.5 Å². The van der Waals surface area contributed by atoms with Crippen LogP contribution in [-0.2, 0) is 17.9 Å². The van der Waals surface area contributed by atoms with E-state index in [-0.39, 0.29) is 5.91 Å². The first-order valence-electron chi connectivity index (χ1n) is 9.68. The van der Waals surface area contributed by atoms with E-state index in [9.17, 15) is 4.79 Å². The van der Waals surface area contributed by atoms with Crippen molar-refractivity contribution in [1.29, 1.82) is 0 Å². The van der Waals surface area contributed by atoms with Gasteiger partial charge >= 0.3 is 0 Å². The molecule has 0 spiro atoms. The molecule has 0 bridgehead atoms. The van der Waals surface area contributed by atoms with Crippen molar-refractivity contribution in [2.24, 2.45) is 0 Å². The Hall–Kier alpha value is -3.81. The van der Waals surface area contributed by atoms with Gasteiger partial charge in [-0.15, -0.1) is 0 Å². The Kier molecular flexibility index (Phi) is 7.26. The molecule has 1 aromatic carbocycles. The van der Waals surface area contributed by atoms with E-state index in [1.54, 1.807) is 44.7 Å². The highest BCUT2D eigenvalue weighted by molar-refractivity contribution is 5.91. The fraction of sp³-hybridized carbons (Fsp3) is 0.261. The molecule has 8 nitrogen and oxygen atoms in total. The molecule has 8 heteroatoms. The summed E-state index contributed by atoms with van der Waals surface area (Å²) in [5.41, 5.74) is 3.31. The third-order valence-corrected chi connectivity index (χ3v) is 4.66. The number of hydrogen-bond donors (Lipinski definition) is 1. The highest BCUT2D eigenvalue weighted by Gasteiger charge is 2.12. The van der Waals surface area contributed by atoms with Gasteiger partial charge in [0.25, 0.3) is 0 Å². The summed E-state index contributed by atoms with van der Waals surface area (Å²) in [6.45, 7) is 4.36. The summed E-state index contributed by atoms with van der Waals surface area (Å²) >= 11 is 0. The lowest BCUT2D eigenvalue weighted by atomic mass is 10.1. The van der Waals surface area contributed by atoms with Gasteiger partial charge in [-0.3, -0.25) is 4.79 Å². The number of nitrogens with one attached hydrogen (secondary N) is 1. The number of ether oxygens (including phenoxy) is 3. The normalized spacial score (nSPS) is 10.8. The summed E-state index contributed by atoms with van der Waals surface area (Å²) in [4.78, 5) is 16.3. The van der Waals surface area contributed by atoms with Crippen LogP contribution in [0, 0.1) is 13.8 Å². The second kappa shape index (κ2) is 10.3. The van der Waals surface area contributed by atoms with Gasteiger partial charge < -0.3 is 24.1 Å². The van der Waals surface area contributed by atoms with Gasteiger partial charge in [0, 0.05) is 24.4 Å². The SMILES string of the molecule is COc1cc(/C=C/C(=O)NCc2cccnc2OC)ccc1OCc1c(C)noc1C. The van der Waals surface area contributed by atoms with Crippen LogP contribution >= 0.6 is 0 Å². The number of aromatic nitrogens is 2. The van der Waals surface area contributed by atoms with Gasteiger partial charge in [-0.1, -0.05) is 17.3 Å². The molecule has 0 fully saturated rings. The van der Waals surface area contributed by atoms with Crippen LogP contribution in [0.2, 0.25) is 0 Å². The van der Waals surface area contributed by atoms with Crippen LogP contribution in [0.25, 0.3) is 6.08 Å². The van der Waals surface area contributed by atoms with Crippen LogP contribution < -0.4 is 19.5 Å². The Morgan fingerprint density at radius 1 is 1.16 bits per heavy atom. The minimum Gasteiger partial charge on any atom is -0.493 e. The molecule has 0 saturated heterocycles. The van der Waals surface area contributed by atoms with Gasteiger partial charge in [-0.25, -0.2) is 4.98 Å². The van der Waals surface area contributed by atoms with Crippen molar-refractivity contribution in [2.75, 3.05) is 14.2 Å². The van der Waals surface area contributed by atoms with Crippen LogP contribution in [0.15, 0.2) is 47.1 Å². The Morgan fingerprint density at radius 2 is 2.00 bits per heavy atom. The highest BCUT2D eigenvalue weighted by atomic mass is 16.5. The van der Waals surface area contributed by atoms with E-state index in [4.69, 9.17) is 18.7 Å². The maximum atomic E-state index is 12.2. The molecule has 2 heterocycles. The van der Waals surface area contributed by atoms with Crippen molar-refractivity contribution in [3.63, 3.8) is 0 Å². The standard InChI is InChI=1S/C23H25N3O5/c1-15-19(16(2)31-26-15)14-30-20-9-7-17(12-21(20)28-3)8-10-22(27)25-13-18-6-5-11-24-23(18)29-4/h5-12H,13-14H2,1-4H3,(H,25,27)/b10-8+. The molecule has 0 atom stereocenters. The average Bonchev–Trinajstić information content (AvgIpc) is 3.12. The third-order valence-electron chi connectivity index (χ3n) is 4.66.